The van der Waals surface area contributed by atoms with Gasteiger partial charge >= 0.3 is 0 Å². The molecule has 14 heavy (non-hydrogen) atoms. The molecule has 0 spiro atoms. The zero-order valence-electron chi connectivity index (χ0n) is 7.75. The van der Waals surface area contributed by atoms with Gasteiger partial charge in [0.1, 0.15) is 0 Å². The third-order valence-electron chi connectivity index (χ3n) is 1.75. The van der Waals surface area contributed by atoms with E-state index in [0.717, 1.165) is 12.1 Å². The van der Waals surface area contributed by atoms with Gasteiger partial charge in [-0.15, -0.1) is 0 Å². The number of benzene rings is 1. The van der Waals surface area contributed by atoms with Crippen molar-refractivity contribution in [3.8, 4) is 17.2 Å². The summed E-state index contributed by atoms with van der Waals surface area (Å²) < 4.78 is 34.1. The van der Waals surface area contributed by atoms with Gasteiger partial charge in [-0.05, 0) is 12.1 Å². The monoisotopic (exact) mass is 204 g/mol. The topological polar surface area (TPSA) is 38.7 Å². The highest BCUT2D eigenvalue weighted by atomic mass is 19.3. The Morgan fingerprint density at radius 2 is 1.57 bits per heavy atom. The Bertz CT molecular complexity index is 301. The minimum atomic E-state index is -2.63. The molecule has 0 saturated carbocycles. The van der Waals surface area contributed by atoms with Gasteiger partial charge in [0.25, 0.3) is 6.43 Å². The van der Waals surface area contributed by atoms with Crippen molar-refractivity contribution < 1.29 is 23.4 Å². The molecule has 0 aromatic heterocycles. The summed E-state index contributed by atoms with van der Waals surface area (Å²) in [5, 5.41) is 9.40. The van der Waals surface area contributed by atoms with E-state index in [1.165, 1.54) is 14.2 Å². The maximum atomic E-state index is 12.3. The van der Waals surface area contributed by atoms with Gasteiger partial charge < -0.3 is 14.6 Å². The van der Waals surface area contributed by atoms with Gasteiger partial charge in [0, 0.05) is 5.56 Å². The van der Waals surface area contributed by atoms with Crippen molar-refractivity contribution in [2.75, 3.05) is 14.2 Å². The van der Waals surface area contributed by atoms with Crippen LogP contribution in [0.4, 0.5) is 8.78 Å². The smallest absolute Gasteiger partial charge is 0.264 e. The molecule has 0 atom stereocenters. The Hall–Kier alpha value is -1.52. The molecule has 1 rings (SSSR count). The first-order valence-electron chi connectivity index (χ1n) is 3.83. The first-order chi connectivity index (χ1) is 6.60. The van der Waals surface area contributed by atoms with Crippen molar-refractivity contribution in [3.05, 3.63) is 17.7 Å². The molecular formula is C9H10F2O3. The molecule has 78 valence electrons. The predicted octanol–water partition coefficient (Wildman–Crippen LogP) is 2.35. The number of hydrogen-bond acceptors (Lipinski definition) is 3. The molecule has 1 aromatic rings. The van der Waals surface area contributed by atoms with E-state index in [9.17, 15) is 13.9 Å². The Kier molecular flexibility index (Phi) is 3.11. The number of phenols is 1. The van der Waals surface area contributed by atoms with Gasteiger partial charge in [0.15, 0.2) is 11.5 Å². The first kappa shape index (κ1) is 10.6. The van der Waals surface area contributed by atoms with E-state index in [-0.39, 0.29) is 22.8 Å². The van der Waals surface area contributed by atoms with Gasteiger partial charge in [0.2, 0.25) is 5.75 Å². The number of halogens is 2. The highest BCUT2D eigenvalue weighted by Gasteiger charge is 2.15. The number of hydrogen-bond donors (Lipinski definition) is 1. The van der Waals surface area contributed by atoms with Gasteiger partial charge in [-0.1, -0.05) is 0 Å². The second-order valence-electron chi connectivity index (χ2n) is 2.57. The zero-order chi connectivity index (χ0) is 10.7. The quantitative estimate of drug-likeness (QED) is 0.821. The number of ether oxygens (including phenoxy) is 2. The molecule has 0 fully saturated rings. The average Bonchev–Trinajstić information content (AvgIpc) is 2.17. The zero-order valence-corrected chi connectivity index (χ0v) is 7.75. The number of phenolic OH excluding ortho intramolecular Hbond substituents is 1. The van der Waals surface area contributed by atoms with Gasteiger partial charge in [-0.25, -0.2) is 8.78 Å². The van der Waals surface area contributed by atoms with Crippen molar-refractivity contribution in [1.82, 2.24) is 0 Å². The first-order valence-corrected chi connectivity index (χ1v) is 3.83. The Labute approximate surface area is 79.9 Å². The molecule has 1 aromatic carbocycles. The minimum absolute atomic E-state index is 0.0281. The van der Waals surface area contributed by atoms with E-state index in [2.05, 4.69) is 0 Å². The SMILES string of the molecule is COc1cc(C(F)F)cc(OC)c1O. The van der Waals surface area contributed by atoms with E-state index < -0.39 is 6.43 Å². The normalized spacial score (nSPS) is 10.4. The third-order valence-corrected chi connectivity index (χ3v) is 1.75. The van der Waals surface area contributed by atoms with Crippen molar-refractivity contribution in [3.63, 3.8) is 0 Å². The summed E-state index contributed by atoms with van der Waals surface area (Å²) in [6.45, 7) is 0. The number of aromatic hydroxyl groups is 1. The van der Waals surface area contributed by atoms with Crippen molar-refractivity contribution >= 4 is 0 Å². The molecule has 0 amide bonds. The molecule has 0 aliphatic carbocycles. The van der Waals surface area contributed by atoms with Gasteiger partial charge in [-0.2, -0.15) is 0 Å². The van der Waals surface area contributed by atoms with Crippen LogP contribution in [0.15, 0.2) is 12.1 Å². The van der Waals surface area contributed by atoms with E-state index >= 15 is 0 Å². The van der Waals surface area contributed by atoms with Crippen molar-refractivity contribution in [1.29, 1.82) is 0 Å². The van der Waals surface area contributed by atoms with E-state index in [1.54, 1.807) is 0 Å². The number of rotatable bonds is 3. The standard InChI is InChI=1S/C9H10F2O3/c1-13-6-3-5(9(10)11)4-7(14-2)8(6)12/h3-4,9,12H,1-2H3. The van der Waals surface area contributed by atoms with Crippen LogP contribution in [0.25, 0.3) is 0 Å². The van der Waals surface area contributed by atoms with Crippen molar-refractivity contribution in [2.45, 2.75) is 6.43 Å². The van der Waals surface area contributed by atoms with Crippen LogP contribution in [-0.4, -0.2) is 19.3 Å². The highest BCUT2D eigenvalue weighted by molar-refractivity contribution is 5.52. The lowest BCUT2D eigenvalue weighted by Crippen LogP contribution is -1.92. The number of alkyl halides is 2. The molecule has 0 radical (unpaired) electrons. The molecule has 0 bridgehead atoms. The van der Waals surface area contributed by atoms with Crippen LogP contribution in [0.5, 0.6) is 17.2 Å². The molecule has 3 nitrogen and oxygen atoms in total. The summed E-state index contributed by atoms with van der Waals surface area (Å²) in [4.78, 5) is 0. The van der Waals surface area contributed by atoms with Gasteiger partial charge in [-0.3, -0.25) is 0 Å². The Morgan fingerprint density at radius 1 is 1.14 bits per heavy atom. The minimum Gasteiger partial charge on any atom is -0.502 e. The predicted molar refractivity (Wildman–Crippen MR) is 46.2 cm³/mol. The molecular weight excluding hydrogens is 194 g/mol. The van der Waals surface area contributed by atoms with Crippen molar-refractivity contribution in [2.24, 2.45) is 0 Å². The summed E-state index contributed by atoms with van der Waals surface area (Å²) >= 11 is 0. The fraction of sp³-hybridized carbons (Fsp3) is 0.333. The van der Waals surface area contributed by atoms with Crippen LogP contribution in [-0.2, 0) is 0 Å². The maximum Gasteiger partial charge on any atom is 0.264 e. The fourth-order valence-electron chi connectivity index (χ4n) is 1.04. The maximum absolute atomic E-state index is 12.3. The van der Waals surface area contributed by atoms with Gasteiger partial charge in [0.05, 0.1) is 14.2 Å². The molecule has 0 heterocycles. The summed E-state index contributed by atoms with van der Waals surface area (Å²) in [6.07, 6.45) is -2.63. The lowest BCUT2D eigenvalue weighted by Gasteiger charge is -2.10. The lowest BCUT2D eigenvalue weighted by molar-refractivity contribution is 0.150. The highest BCUT2D eigenvalue weighted by Crippen LogP contribution is 2.39. The number of methoxy groups -OCH3 is 2. The van der Waals surface area contributed by atoms with E-state index in [0.29, 0.717) is 0 Å². The van der Waals surface area contributed by atoms with E-state index in [1.807, 2.05) is 0 Å². The molecule has 1 N–H and O–H groups in total. The Morgan fingerprint density at radius 3 is 1.86 bits per heavy atom. The largest absolute Gasteiger partial charge is 0.502 e. The van der Waals surface area contributed by atoms with Crippen LogP contribution in [0.2, 0.25) is 0 Å². The lowest BCUT2D eigenvalue weighted by atomic mass is 10.2. The second kappa shape index (κ2) is 4.13. The molecule has 0 saturated heterocycles. The third kappa shape index (κ3) is 1.86. The molecule has 0 aliphatic heterocycles. The molecule has 0 aliphatic rings. The molecule has 0 unspecified atom stereocenters. The van der Waals surface area contributed by atoms with Crippen LogP contribution in [0.3, 0.4) is 0 Å². The fourth-order valence-corrected chi connectivity index (χ4v) is 1.04. The molecule has 5 heteroatoms. The summed E-state index contributed by atoms with van der Waals surface area (Å²) in [5.74, 6) is -0.335. The van der Waals surface area contributed by atoms with Crippen LogP contribution < -0.4 is 9.47 Å². The van der Waals surface area contributed by atoms with Crippen LogP contribution >= 0.6 is 0 Å². The van der Waals surface area contributed by atoms with E-state index in [4.69, 9.17) is 9.47 Å². The summed E-state index contributed by atoms with van der Waals surface area (Å²) in [6, 6.07) is 2.14. The Balaban J connectivity index is 3.25. The van der Waals surface area contributed by atoms with Crippen LogP contribution in [0.1, 0.15) is 12.0 Å². The van der Waals surface area contributed by atoms with Crippen LogP contribution in [0, 0.1) is 0 Å². The second-order valence-corrected chi connectivity index (χ2v) is 2.57. The summed E-state index contributed by atoms with van der Waals surface area (Å²) in [7, 11) is 2.56. The average molecular weight is 204 g/mol. The summed E-state index contributed by atoms with van der Waals surface area (Å²) in [5.41, 5.74) is -0.253.